The zero-order valence-corrected chi connectivity index (χ0v) is 9.42. The smallest absolute Gasteiger partial charge is 0.126 e. The first kappa shape index (κ1) is 10.3. The number of hydrogen-bond donors (Lipinski definition) is 0. The summed E-state index contributed by atoms with van der Waals surface area (Å²) in [5.41, 5.74) is 2.33. The van der Waals surface area contributed by atoms with Crippen molar-refractivity contribution >= 4 is 17.2 Å². The molecule has 0 radical (unpaired) electrons. The van der Waals surface area contributed by atoms with Gasteiger partial charge in [0.15, 0.2) is 0 Å². The van der Waals surface area contributed by atoms with Gasteiger partial charge in [-0.3, -0.25) is 0 Å². The van der Waals surface area contributed by atoms with Crippen molar-refractivity contribution in [1.29, 1.82) is 0 Å². The van der Waals surface area contributed by atoms with Crippen LogP contribution in [0, 0.1) is 5.92 Å². The molecule has 1 aliphatic heterocycles. The molecule has 0 bridgehead atoms. The van der Waals surface area contributed by atoms with E-state index in [9.17, 15) is 0 Å². The van der Waals surface area contributed by atoms with Crippen molar-refractivity contribution in [3.8, 4) is 5.75 Å². The fourth-order valence-corrected chi connectivity index (χ4v) is 2.06. The maximum absolute atomic E-state index is 5.98. The average Bonchev–Trinajstić information content (AvgIpc) is 2.27. The third-order valence-corrected chi connectivity index (χ3v) is 2.90. The lowest BCUT2D eigenvalue weighted by Crippen LogP contribution is -2.17. The molecule has 2 rings (SSSR count). The summed E-state index contributed by atoms with van der Waals surface area (Å²) in [6.07, 6.45) is 4.02. The van der Waals surface area contributed by atoms with E-state index in [2.05, 4.69) is 12.7 Å². The van der Waals surface area contributed by atoms with Gasteiger partial charge in [0.25, 0.3) is 0 Å². The van der Waals surface area contributed by atoms with Crippen LogP contribution in [0.25, 0.3) is 5.57 Å². The van der Waals surface area contributed by atoms with Crippen LogP contribution in [0.4, 0.5) is 0 Å². The zero-order chi connectivity index (χ0) is 10.8. The Labute approximate surface area is 95.0 Å². The molecule has 15 heavy (non-hydrogen) atoms. The quantitative estimate of drug-likeness (QED) is 0.652. The Morgan fingerprint density at radius 3 is 3.00 bits per heavy atom. The molecule has 1 nitrogen and oxygen atoms in total. The first-order valence-electron chi connectivity index (χ1n) is 4.97. The molecule has 0 fully saturated rings. The topological polar surface area (TPSA) is 9.23 Å². The number of ether oxygens (including phenoxy) is 1. The van der Waals surface area contributed by atoms with E-state index in [0.29, 0.717) is 6.61 Å². The van der Waals surface area contributed by atoms with Gasteiger partial charge in [0.2, 0.25) is 0 Å². The lowest BCUT2D eigenvalue weighted by molar-refractivity contribution is 0.288. The lowest BCUT2D eigenvalue weighted by atomic mass is 9.90. The first-order chi connectivity index (χ1) is 7.26. The normalized spacial score (nSPS) is 22.0. The lowest BCUT2D eigenvalue weighted by Gasteiger charge is -2.26. The summed E-state index contributed by atoms with van der Waals surface area (Å²) >= 11 is 5.98. The molecule has 0 spiro atoms. The van der Waals surface area contributed by atoms with E-state index in [0.717, 1.165) is 16.3 Å². The molecule has 78 valence electrons. The third kappa shape index (κ3) is 1.80. The van der Waals surface area contributed by atoms with Gasteiger partial charge in [0.1, 0.15) is 5.75 Å². The maximum Gasteiger partial charge on any atom is 0.126 e. The monoisotopic (exact) mass is 220 g/mol. The van der Waals surface area contributed by atoms with Gasteiger partial charge in [0, 0.05) is 16.5 Å². The minimum atomic E-state index is 0.265. The summed E-state index contributed by atoms with van der Waals surface area (Å²) in [5.74, 6) is 1.17. The van der Waals surface area contributed by atoms with Gasteiger partial charge in [-0.1, -0.05) is 23.8 Å². The number of fused-ring (bicyclic) bond motifs is 1. The zero-order valence-electron chi connectivity index (χ0n) is 8.66. The van der Waals surface area contributed by atoms with E-state index in [1.807, 2.05) is 31.2 Å². The molecule has 0 N–H and O–H groups in total. The van der Waals surface area contributed by atoms with E-state index in [1.165, 1.54) is 5.57 Å². The first-order valence-corrected chi connectivity index (χ1v) is 5.35. The van der Waals surface area contributed by atoms with Crippen LogP contribution in [-0.4, -0.2) is 6.61 Å². The van der Waals surface area contributed by atoms with Gasteiger partial charge in [0.05, 0.1) is 6.61 Å². The molecule has 0 saturated carbocycles. The molecule has 1 aromatic carbocycles. The number of rotatable bonds is 1. The Morgan fingerprint density at radius 2 is 2.33 bits per heavy atom. The van der Waals surface area contributed by atoms with Crippen molar-refractivity contribution in [1.82, 2.24) is 0 Å². The highest BCUT2D eigenvalue weighted by molar-refractivity contribution is 6.30. The summed E-state index contributed by atoms with van der Waals surface area (Å²) in [7, 11) is 0. The molecule has 1 unspecified atom stereocenters. The van der Waals surface area contributed by atoms with E-state index in [-0.39, 0.29) is 5.92 Å². The van der Waals surface area contributed by atoms with Crippen molar-refractivity contribution in [2.45, 2.75) is 6.92 Å². The second-order valence-electron chi connectivity index (χ2n) is 3.54. The minimum absolute atomic E-state index is 0.265. The fourth-order valence-electron chi connectivity index (χ4n) is 1.89. The number of halogens is 1. The molecule has 1 aliphatic rings. The number of benzene rings is 1. The molecule has 0 amide bonds. The second-order valence-corrected chi connectivity index (χ2v) is 3.97. The van der Waals surface area contributed by atoms with E-state index in [1.54, 1.807) is 0 Å². The summed E-state index contributed by atoms with van der Waals surface area (Å²) in [5, 5.41) is 0.737. The molecule has 0 aliphatic carbocycles. The Kier molecular flexibility index (Phi) is 2.83. The average molecular weight is 221 g/mol. The van der Waals surface area contributed by atoms with Crippen molar-refractivity contribution in [2.75, 3.05) is 6.61 Å². The Bertz CT molecular complexity index is 421. The Morgan fingerprint density at radius 1 is 1.53 bits per heavy atom. The van der Waals surface area contributed by atoms with Crippen LogP contribution in [0.2, 0.25) is 5.02 Å². The SMILES string of the molecule is C=CC1COc2ccc(Cl)cc2/C1=C/C. The van der Waals surface area contributed by atoms with Gasteiger partial charge in [-0.25, -0.2) is 0 Å². The summed E-state index contributed by atoms with van der Waals surface area (Å²) in [6.45, 7) is 6.52. The van der Waals surface area contributed by atoms with Crippen LogP contribution in [0.15, 0.2) is 36.9 Å². The van der Waals surface area contributed by atoms with Gasteiger partial charge >= 0.3 is 0 Å². The summed E-state index contributed by atoms with van der Waals surface area (Å²) in [6, 6.07) is 5.71. The highest BCUT2D eigenvalue weighted by Gasteiger charge is 2.22. The molecule has 1 atom stereocenters. The van der Waals surface area contributed by atoms with E-state index in [4.69, 9.17) is 16.3 Å². The summed E-state index contributed by atoms with van der Waals surface area (Å²) < 4.78 is 5.64. The maximum atomic E-state index is 5.98. The standard InChI is InChI=1S/C13H13ClO/c1-3-9-8-15-13-6-5-10(14)7-12(13)11(9)4-2/h3-7,9H,1,8H2,2H3/b11-4+. The van der Waals surface area contributed by atoms with Crippen molar-refractivity contribution < 1.29 is 4.74 Å². The van der Waals surface area contributed by atoms with Crippen LogP contribution in [0.5, 0.6) is 5.75 Å². The van der Waals surface area contributed by atoms with Gasteiger partial charge < -0.3 is 4.74 Å². The molecular weight excluding hydrogens is 208 g/mol. The van der Waals surface area contributed by atoms with Crippen LogP contribution < -0.4 is 4.74 Å². The minimum Gasteiger partial charge on any atom is -0.492 e. The highest BCUT2D eigenvalue weighted by atomic mass is 35.5. The molecule has 0 saturated heterocycles. The van der Waals surface area contributed by atoms with Crippen molar-refractivity contribution in [2.24, 2.45) is 5.92 Å². The predicted octanol–water partition coefficient (Wildman–Crippen LogP) is 3.94. The molecule has 0 aromatic heterocycles. The number of hydrogen-bond acceptors (Lipinski definition) is 1. The van der Waals surface area contributed by atoms with Crippen LogP contribution in [-0.2, 0) is 0 Å². The molecular formula is C13H13ClO. The fraction of sp³-hybridized carbons (Fsp3) is 0.231. The molecule has 1 aromatic rings. The van der Waals surface area contributed by atoms with Crippen LogP contribution >= 0.6 is 11.6 Å². The molecule has 1 heterocycles. The predicted molar refractivity (Wildman–Crippen MR) is 64.3 cm³/mol. The Hall–Kier alpha value is -1.21. The third-order valence-electron chi connectivity index (χ3n) is 2.67. The second kappa shape index (κ2) is 4.11. The van der Waals surface area contributed by atoms with Crippen LogP contribution in [0.1, 0.15) is 12.5 Å². The van der Waals surface area contributed by atoms with Gasteiger partial charge in [-0.15, -0.1) is 6.58 Å². The van der Waals surface area contributed by atoms with Gasteiger partial charge in [-0.05, 0) is 30.7 Å². The largest absolute Gasteiger partial charge is 0.492 e. The van der Waals surface area contributed by atoms with Crippen LogP contribution in [0.3, 0.4) is 0 Å². The van der Waals surface area contributed by atoms with Crippen molar-refractivity contribution in [3.63, 3.8) is 0 Å². The molecule has 2 heteroatoms. The van der Waals surface area contributed by atoms with E-state index >= 15 is 0 Å². The highest BCUT2D eigenvalue weighted by Crippen LogP contribution is 2.38. The Balaban J connectivity index is 2.53. The van der Waals surface area contributed by atoms with E-state index < -0.39 is 0 Å². The summed E-state index contributed by atoms with van der Waals surface area (Å²) in [4.78, 5) is 0. The van der Waals surface area contributed by atoms with Crippen molar-refractivity contribution in [3.05, 3.63) is 47.5 Å². The number of allylic oxidation sites excluding steroid dienone is 1. The van der Waals surface area contributed by atoms with Gasteiger partial charge in [-0.2, -0.15) is 0 Å².